The van der Waals surface area contributed by atoms with E-state index in [-0.39, 0.29) is 23.2 Å². The quantitative estimate of drug-likeness (QED) is 0.672. The van der Waals surface area contributed by atoms with Gasteiger partial charge in [-0.3, -0.25) is 0 Å². The summed E-state index contributed by atoms with van der Waals surface area (Å²) in [4.78, 5) is 0. The Bertz CT molecular complexity index is 926. The monoisotopic (exact) mass is 391 g/mol. The maximum atomic E-state index is 12.9. The molecule has 0 atom stereocenters. The third-order valence-corrected chi connectivity index (χ3v) is 5.52. The van der Waals surface area contributed by atoms with Gasteiger partial charge in [0.05, 0.1) is 18.0 Å². The van der Waals surface area contributed by atoms with Gasteiger partial charge in [-0.25, -0.2) is 13.1 Å². The summed E-state index contributed by atoms with van der Waals surface area (Å²) in [6.45, 7) is 0.948. The van der Waals surface area contributed by atoms with Gasteiger partial charge in [0.1, 0.15) is 0 Å². The first-order valence-electron chi connectivity index (χ1n) is 8.10. The van der Waals surface area contributed by atoms with Gasteiger partial charge in [0.2, 0.25) is 0 Å². The lowest BCUT2D eigenvalue weighted by Gasteiger charge is -2.09. The van der Waals surface area contributed by atoms with Crippen molar-refractivity contribution in [2.45, 2.75) is 23.9 Å². The van der Waals surface area contributed by atoms with Gasteiger partial charge in [-0.15, -0.1) is 12.4 Å². The minimum Gasteiger partial charge on any atom is -0.314 e. The predicted molar refractivity (Wildman–Crippen MR) is 105 cm³/mol. The summed E-state index contributed by atoms with van der Waals surface area (Å²) in [6.07, 6.45) is 0. The molecule has 0 saturated heterocycles. The summed E-state index contributed by atoms with van der Waals surface area (Å²) in [5.41, 5.74) is 2.49. The average Bonchev–Trinajstić information content (AvgIpc) is 3.00. The van der Waals surface area contributed by atoms with Crippen molar-refractivity contribution >= 4 is 22.2 Å². The van der Waals surface area contributed by atoms with Crippen LogP contribution in [0.2, 0.25) is 0 Å². The van der Waals surface area contributed by atoms with Crippen molar-refractivity contribution in [2.75, 3.05) is 7.05 Å². The molecule has 0 aliphatic heterocycles. The summed E-state index contributed by atoms with van der Waals surface area (Å²) in [5, 5.41) is 7.75. The Morgan fingerprint density at radius 3 is 2.12 bits per heavy atom. The lowest BCUT2D eigenvalue weighted by atomic mass is 10.2. The summed E-state index contributed by atoms with van der Waals surface area (Å²) in [7, 11) is -1.68. The normalized spacial score (nSPS) is 11.1. The molecule has 0 fully saturated rings. The number of nitrogens with zero attached hydrogens (tertiary/aromatic N) is 2. The van der Waals surface area contributed by atoms with Crippen LogP contribution in [0.4, 0.5) is 0 Å². The standard InChI is InChI=1S/C19H21N3O2S.ClH/c1-20-13-18-12-19(22(21-18)14-16-8-4-2-5-9-16)25(23,24)15-17-10-6-3-7-11-17;/h2-12,20H,13-15H2,1H3;1H. The van der Waals surface area contributed by atoms with Crippen LogP contribution in [-0.2, 0) is 28.7 Å². The number of hydrogen-bond donors (Lipinski definition) is 1. The zero-order valence-corrected chi connectivity index (χ0v) is 16.1. The molecule has 1 heterocycles. The average molecular weight is 392 g/mol. The molecule has 0 amide bonds. The number of benzene rings is 2. The Labute approximate surface area is 160 Å². The molecule has 0 spiro atoms. The molecule has 26 heavy (non-hydrogen) atoms. The molecule has 0 aliphatic carbocycles. The fraction of sp³-hybridized carbons (Fsp3) is 0.211. The molecular formula is C19H22ClN3O2S. The van der Waals surface area contributed by atoms with E-state index in [9.17, 15) is 8.42 Å². The fourth-order valence-electron chi connectivity index (χ4n) is 2.71. The molecule has 138 valence electrons. The second-order valence-corrected chi connectivity index (χ2v) is 7.83. The van der Waals surface area contributed by atoms with Crippen LogP contribution in [0.15, 0.2) is 71.8 Å². The Hall–Kier alpha value is -2.15. The minimum absolute atomic E-state index is 0. The minimum atomic E-state index is -3.49. The summed E-state index contributed by atoms with van der Waals surface area (Å²) < 4.78 is 27.5. The Morgan fingerprint density at radius 2 is 1.54 bits per heavy atom. The smallest absolute Gasteiger partial charge is 0.199 e. The van der Waals surface area contributed by atoms with Crippen LogP contribution >= 0.6 is 12.4 Å². The molecule has 2 aromatic carbocycles. The molecule has 1 aromatic heterocycles. The summed E-state index contributed by atoms with van der Waals surface area (Å²) in [5.74, 6) is -0.0344. The van der Waals surface area contributed by atoms with E-state index in [1.165, 1.54) is 0 Å². The van der Waals surface area contributed by atoms with E-state index in [1.807, 2.05) is 67.7 Å². The molecule has 3 aromatic rings. The summed E-state index contributed by atoms with van der Waals surface area (Å²) in [6, 6.07) is 20.6. The van der Waals surface area contributed by atoms with Crippen LogP contribution in [-0.4, -0.2) is 25.2 Å². The molecule has 0 unspecified atom stereocenters. The van der Waals surface area contributed by atoms with E-state index >= 15 is 0 Å². The van der Waals surface area contributed by atoms with Gasteiger partial charge < -0.3 is 5.32 Å². The van der Waals surface area contributed by atoms with Crippen LogP contribution in [0, 0.1) is 0 Å². The molecule has 0 saturated carbocycles. The maximum Gasteiger partial charge on any atom is 0.199 e. The van der Waals surface area contributed by atoms with E-state index in [0.29, 0.717) is 18.8 Å². The molecule has 7 heteroatoms. The first kappa shape index (κ1) is 20.2. The second-order valence-electron chi connectivity index (χ2n) is 5.89. The molecule has 3 rings (SSSR count). The third kappa shape index (κ3) is 4.94. The number of halogens is 1. The highest BCUT2D eigenvalue weighted by Gasteiger charge is 2.22. The Kier molecular flexibility index (Phi) is 6.97. The van der Waals surface area contributed by atoms with Crippen LogP contribution < -0.4 is 5.32 Å². The van der Waals surface area contributed by atoms with Crippen LogP contribution in [0.25, 0.3) is 0 Å². The van der Waals surface area contributed by atoms with Crippen molar-refractivity contribution in [3.8, 4) is 0 Å². The van der Waals surface area contributed by atoms with E-state index in [0.717, 1.165) is 11.1 Å². The van der Waals surface area contributed by atoms with Crippen molar-refractivity contribution in [1.29, 1.82) is 0 Å². The molecular weight excluding hydrogens is 370 g/mol. The van der Waals surface area contributed by atoms with Crippen LogP contribution in [0.1, 0.15) is 16.8 Å². The van der Waals surface area contributed by atoms with Crippen molar-refractivity contribution in [3.05, 3.63) is 83.6 Å². The number of hydrogen-bond acceptors (Lipinski definition) is 4. The number of nitrogens with one attached hydrogen (secondary N) is 1. The first-order valence-corrected chi connectivity index (χ1v) is 9.75. The lowest BCUT2D eigenvalue weighted by molar-refractivity contribution is 0.559. The van der Waals surface area contributed by atoms with Crippen molar-refractivity contribution in [3.63, 3.8) is 0 Å². The van der Waals surface area contributed by atoms with Crippen molar-refractivity contribution < 1.29 is 8.42 Å². The van der Waals surface area contributed by atoms with E-state index in [4.69, 9.17) is 0 Å². The SMILES string of the molecule is CNCc1cc(S(=O)(=O)Cc2ccccc2)n(Cc2ccccc2)n1.Cl. The number of aromatic nitrogens is 2. The highest BCUT2D eigenvalue weighted by molar-refractivity contribution is 7.90. The summed E-state index contributed by atoms with van der Waals surface area (Å²) >= 11 is 0. The van der Waals surface area contributed by atoms with E-state index < -0.39 is 9.84 Å². The predicted octanol–water partition coefficient (Wildman–Crippen LogP) is 3.05. The molecule has 1 N–H and O–H groups in total. The van der Waals surface area contributed by atoms with Crippen LogP contribution in [0.5, 0.6) is 0 Å². The number of sulfone groups is 1. The van der Waals surface area contributed by atoms with E-state index in [2.05, 4.69) is 10.4 Å². The first-order chi connectivity index (χ1) is 12.1. The van der Waals surface area contributed by atoms with E-state index in [1.54, 1.807) is 10.7 Å². The largest absolute Gasteiger partial charge is 0.314 e. The molecule has 0 radical (unpaired) electrons. The van der Waals surface area contributed by atoms with Gasteiger partial charge in [0.25, 0.3) is 0 Å². The second kappa shape index (κ2) is 8.98. The maximum absolute atomic E-state index is 12.9. The highest BCUT2D eigenvalue weighted by atomic mass is 35.5. The Morgan fingerprint density at radius 1 is 0.962 bits per heavy atom. The van der Waals surface area contributed by atoms with Gasteiger partial charge in [0, 0.05) is 6.54 Å². The van der Waals surface area contributed by atoms with Crippen LogP contribution in [0.3, 0.4) is 0 Å². The zero-order chi connectivity index (χ0) is 17.7. The molecule has 0 aliphatic rings. The fourth-order valence-corrected chi connectivity index (χ4v) is 4.23. The molecule has 5 nitrogen and oxygen atoms in total. The van der Waals surface area contributed by atoms with Gasteiger partial charge in [-0.05, 0) is 24.2 Å². The molecule has 0 bridgehead atoms. The lowest BCUT2D eigenvalue weighted by Crippen LogP contribution is -2.14. The zero-order valence-electron chi connectivity index (χ0n) is 14.5. The Balaban J connectivity index is 0.00000243. The van der Waals surface area contributed by atoms with Gasteiger partial charge in [0.15, 0.2) is 14.9 Å². The topological polar surface area (TPSA) is 64.0 Å². The number of rotatable bonds is 7. The van der Waals surface area contributed by atoms with Gasteiger partial charge >= 0.3 is 0 Å². The van der Waals surface area contributed by atoms with Gasteiger partial charge in [-0.1, -0.05) is 60.7 Å². The highest BCUT2D eigenvalue weighted by Crippen LogP contribution is 2.19. The van der Waals surface area contributed by atoms with Crippen molar-refractivity contribution in [1.82, 2.24) is 15.1 Å². The van der Waals surface area contributed by atoms with Crippen molar-refractivity contribution in [2.24, 2.45) is 0 Å². The van der Waals surface area contributed by atoms with Gasteiger partial charge in [-0.2, -0.15) is 5.10 Å². The third-order valence-electron chi connectivity index (χ3n) is 3.84.